The van der Waals surface area contributed by atoms with Crippen LogP contribution in [0.15, 0.2) is 97.1 Å². The number of amides is 2. The molecule has 0 unspecified atom stereocenters. The predicted octanol–water partition coefficient (Wildman–Crippen LogP) is 6.63. The van der Waals surface area contributed by atoms with Gasteiger partial charge in [0.15, 0.2) is 6.29 Å². The van der Waals surface area contributed by atoms with E-state index in [1.165, 1.54) is 0 Å². The molecule has 2 amide bonds. The molecule has 5 N–H and O–H groups in total. The Morgan fingerprint density at radius 3 is 2.09 bits per heavy atom. The van der Waals surface area contributed by atoms with Crippen LogP contribution in [0.3, 0.4) is 0 Å². The van der Waals surface area contributed by atoms with Gasteiger partial charge >= 0.3 is 0 Å². The van der Waals surface area contributed by atoms with Gasteiger partial charge in [0.2, 0.25) is 11.8 Å². The molecule has 13 nitrogen and oxygen atoms in total. The molecule has 4 aromatic carbocycles. The van der Waals surface area contributed by atoms with Crippen molar-refractivity contribution in [3.05, 3.63) is 129 Å². The Balaban J connectivity index is 0.957. The summed E-state index contributed by atoms with van der Waals surface area (Å²) < 4.78 is 13.1. The van der Waals surface area contributed by atoms with Gasteiger partial charge in [-0.3, -0.25) is 24.6 Å². The monoisotopic (exact) mass is 764 g/mol. The molecule has 0 aromatic heterocycles. The molecule has 13 heteroatoms. The first-order valence-electron chi connectivity index (χ1n) is 19.5. The highest BCUT2D eigenvalue weighted by Crippen LogP contribution is 2.38. The quantitative estimate of drug-likeness (QED) is 0.0396. The smallest absolute Gasteiger partial charge is 0.269 e. The maximum absolute atomic E-state index is 12.6. The summed E-state index contributed by atoms with van der Waals surface area (Å²) in [5, 5.41) is 26.5. The number of aliphatic hydroxyl groups excluding tert-OH is 1. The number of ether oxygens (including phenoxy) is 2. The van der Waals surface area contributed by atoms with Crippen molar-refractivity contribution in [3.8, 4) is 0 Å². The van der Waals surface area contributed by atoms with Crippen LogP contribution >= 0.6 is 0 Å². The van der Waals surface area contributed by atoms with Crippen molar-refractivity contribution in [1.29, 1.82) is 0 Å². The van der Waals surface area contributed by atoms with Gasteiger partial charge in [-0.05, 0) is 53.8 Å². The third kappa shape index (κ3) is 11.6. The zero-order valence-corrected chi connectivity index (χ0v) is 31.7. The average Bonchev–Trinajstić information content (AvgIpc) is 3.22. The van der Waals surface area contributed by atoms with Crippen LogP contribution in [0.25, 0.3) is 0 Å². The number of benzene rings is 4. The van der Waals surface area contributed by atoms with E-state index in [9.17, 15) is 24.8 Å². The third-order valence-corrected chi connectivity index (χ3v) is 10.4. The van der Waals surface area contributed by atoms with E-state index in [-0.39, 0.29) is 41.2 Å². The maximum atomic E-state index is 12.6. The van der Waals surface area contributed by atoms with Crippen LogP contribution in [0, 0.1) is 10.1 Å². The molecule has 4 aromatic rings. The highest BCUT2D eigenvalue weighted by Gasteiger charge is 2.34. The van der Waals surface area contributed by atoms with Gasteiger partial charge in [0, 0.05) is 81.9 Å². The first-order valence-corrected chi connectivity index (χ1v) is 19.5. The molecular formula is C43H52N6O7. The highest BCUT2D eigenvalue weighted by molar-refractivity contribution is 5.93. The maximum Gasteiger partial charge on any atom is 0.269 e. The van der Waals surface area contributed by atoms with E-state index in [1.54, 1.807) is 24.3 Å². The van der Waals surface area contributed by atoms with Crippen molar-refractivity contribution in [3.63, 3.8) is 0 Å². The minimum absolute atomic E-state index is 0.00297. The molecule has 2 aliphatic rings. The number of aliphatic hydroxyl groups is 1. The molecule has 0 saturated carbocycles. The van der Waals surface area contributed by atoms with Crippen LogP contribution in [-0.2, 0) is 32.2 Å². The molecule has 2 fully saturated rings. The molecular weight excluding hydrogens is 713 g/mol. The van der Waals surface area contributed by atoms with Gasteiger partial charge in [0.1, 0.15) is 0 Å². The molecule has 2 saturated heterocycles. The van der Waals surface area contributed by atoms with Crippen LogP contribution in [0.5, 0.6) is 0 Å². The molecule has 2 aliphatic heterocycles. The lowest BCUT2D eigenvalue weighted by molar-refractivity contribution is -0.384. The summed E-state index contributed by atoms with van der Waals surface area (Å²) >= 11 is 0. The van der Waals surface area contributed by atoms with Crippen molar-refractivity contribution < 1.29 is 29.1 Å². The Kier molecular flexibility index (Phi) is 14.4. The van der Waals surface area contributed by atoms with E-state index in [0.29, 0.717) is 37.2 Å². The summed E-state index contributed by atoms with van der Waals surface area (Å²) in [7, 11) is 0. The van der Waals surface area contributed by atoms with Crippen LogP contribution in [-0.4, -0.2) is 65.6 Å². The largest absolute Gasteiger partial charge is 0.397 e. The number of unbranched alkanes of at least 4 members (excludes halogenated alkanes) is 3. The second kappa shape index (κ2) is 20.0. The standard InChI is InChI=1S/C43H52N6O7/c44-38-7-5-6-8-39(38)46-42(52)10-4-2-1-3-9-41(51)45-28-31-11-17-34(18-12-31)43-55-37(27-40(56-43)33-15-13-32(30-50)14-16-33)29-47-23-25-48(26-24-47)35-19-21-36(22-20-35)49(53)54/h5-8,11-22,37,40,43,50H,1-4,9-10,23-30,44H2,(H,45,51)(H,46,52)/t37-,40+,43+/m1/s1. The fraction of sp³-hybridized carbons (Fsp3) is 0.395. The van der Waals surface area contributed by atoms with E-state index >= 15 is 0 Å². The van der Waals surface area contributed by atoms with E-state index in [4.69, 9.17) is 15.2 Å². The highest BCUT2D eigenvalue weighted by atomic mass is 16.7. The molecule has 56 heavy (non-hydrogen) atoms. The summed E-state index contributed by atoms with van der Waals surface area (Å²) in [6, 6.07) is 29.7. The number of hydrogen-bond donors (Lipinski definition) is 4. The number of piperazine rings is 1. The molecule has 0 bridgehead atoms. The topological polar surface area (TPSA) is 173 Å². The van der Waals surface area contributed by atoms with Crippen molar-refractivity contribution in [2.75, 3.05) is 48.7 Å². The summed E-state index contributed by atoms with van der Waals surface area (Å²) in [5.41, 5.74) is 11.9. The van der Waals surface area contributed by atoms with E-state index < -0.39 is 6.29 Å². The van der Waals surface area contributed by atoms with Gasteiger partial charge in [-0.2, -0.15) is 0 Å². The summed E-state index contributed by atoms with van der Waals surface area (Å²) in [6.07, 6.45) is 3.91. The van der Waals surface area contributed by atoms with Crippen LogP contribution in [0.2, 0.25) is 0 Å². The number of nitro benzene ring substituents is 1. The first-order chi connectivity index (χ1) is 27.2. The zero-order chi connectivity index (χ0) is 39.3. The predicted molar refractivity (Wildman–Crippen MR) is 216 cm³/mol. The van der Waals surface area contributed by atoms with Gasteiger partial charge in [-0.25, -0.2) is 0 Å². The van der Waals surface area contributed by atoms with E-state index in [0.717, 1.165) is 86.3 Å². The Hall–Kier alpha value is -5.34. The fourth-order valence-corrected chi connectivity index (χ4v) is 7.12. The van der Waals surface area contributed by atoms with Crippen molar-refractivity contribution in [2.24, 2.45) is 0 Å². The molecule has 3 atom stereocenters. The number of nitrogens with two attached hydrogens (primary N) is 1. The number of carbonyl (C=O) groups is 2. The second-order valence-corrected chi connectivity index (χ2v) is 14.5. The van der Waals surface area contributed by atoms with Gasteiger partial charge in [0.05, 0.1) is 35.1 Å². The lowest BCUT2D eigenvalue weighted by Crippen LogP contribution is -2.49. The van der Waals surface area contributed by atoms with Crippen molar-refractivity contribution >= 4 is 34.6 Å². The van der Waals surface area contributed by atoms with Crippen LogP contribution < -0.4 is 21.3 Å². The van der Waals surface area contributed by atoms with Gasteiger partial charge in [-0.15, -0.1) is 0 Å². The third-order valence-electron chi connectivity index (χ3n) is 10.4. The molecule has 0 aliphatic carbocycles. The Morgan fingerprint density at radius 2 is 1.43 bits per heavy atom. The summed E-state index contributed by atoms with van der Waals surface area (Å²) in [6.45, 7) is 4.42. The van der Waals surface area contributed by atoms with Crippen molar-refractivity contribution in [1.82, 2.24) is 10.2 Å². The van der Waals surface area contributed by atoms with E-state index in [2.05, 4.69) is 20.4 Å². The number of rotatable bonds is 17. The Bertz CT molecular complexity index is 1880. The van der Waals surface area contributed by atoms with Crippen molar-refractivity contribution in [2.45, 2.75) is 76.6 Å². The molecule has 0 spiro atoms. The number of nitrogens with zero attached hydrogens (tertiary/aromatic N) is 3. The van der Waals surface area contributed by atoms with E-state index in [1.807, 2.05) is 72.8 Å². The SMILES string of the molecule is Nc1ccccc1NC(=O)CCCCCCC(=O)NCc1ccc([C@H]2O[C@@H](CN3CCN(c4ccc([N+](=O)[O-])cc4)CC3)C[C@@H](c3ccc(CO)cc3)O2)cc1. The normalized spacial score (nSPS) is 18.7. The van der Waals surface area contributed by atoms with Crippen LogP contribution in [0.1, 0.15) is 79.6 Å². The first kappa shape index (κ1) is 40.3. The second-order valence-electron chi connectivity index (χ2n) is 14.5. The minimum atomic E-state index is -0.580. The lowest BCUT2D eigenvalue weighted by Gasteiger charge is -2.41. The van der Waals surface area contributed by atoms with Gasteiger partial charge in [0.25, 0.3) is 5.69 Å². The summed E-state index contributed by atoms with van der Waals surface area (Å²) in [5.74, 6) is -0.0630. The number of non-ortho nitro benzene ring substituents is 1. The number of anilines is 3. The molecule has 6 rings (SSSR count). The number of hydrogen-bond acceptors (Lipinski definition) is 10. The Morgan fingerprint density at radius 1 is 0.786 bits per heavy atom. The fourth-order valence-electron chi connectivity index (χ4n) is 7.12. The van der Waals surface area contributed by atoms with Gasteiger partial charge < -0.3 is 35.8 Å². The molecule has 2 heterocycles. The number of para-hydroxylation sites is 2. The minimum Gasteiger partial charge on any atom is -0.397 e. The average molecular weight is 765 g/mol. The lowest BCUT2D eigenvalue weighted by atomic mass is 9.99. The number of nitrogens with one attached hydrogen (secondary N) is 2. The zero-order valence-electron chi connectivity index (χ0n) is 31.7. The Labute approximate surface area is 327 Å². The number of carbonyl (C=O) groups excluding carboxylic acids is 2. The van der Waals surface area contributed by atoms with Crippen LogP contribution in [0.4, 0.5) is 22.7 Å². The molecule has 296 valence electrons. The molecule has 0 radical (unpaired) electrons. The number of nitro groups is 1. The number of nitrogen functional groups attached to an aromatic ring is 1. The summed E-state index contributed by atoms with van der Waals surface area (Å²) in [4.78, 5) is 40.1. The van der Waals surface area contributed by atoms with Gasteiger partial charge in [-0.1, -0.05) is 73.5 Å².